The molecule has 3 aliphatic rings. The lowest BCUT2D eigenvalue weighted by Crippen LogP contribution is -2.49. The number of amides is 1. The summed E-state index contributed by atoms with van der Waals surface area (Å²) in [5.41, 5.74) is 3.20. The van der Waals surface area contributed by atoms with Gasteiger partial charge in [-0.2, -0.15) is 0 Å². The SMILES string of the molecule is CC(C)(C)OC(=O)N1CCC(CCN2C3CCC2CC(n2nnc4ccccc42)C3)(c2ccccc2)CC1. The van der Waals surface area contributed by atoms with Crippen molar-refractivity contribution in [3.8, 4) is 0 Å². The molecule has 0 spiro atoms. The van der Waals surface area contributed by atoms with Crippen LogP contribution in [0.5, 0.6) is 0 Å². The monoisotopic (exact) mass is 515 g/mol. The van der Waals surface area contributed by atoms with E-state index in [1.807, 2.05) is 31.7 Å². The van der Waals surface area contributed by atoms with Crippen molar-refractivity contribution in [2.24, 2.45) is 0 Å². The molecule has 3 saturated heterocycles. The third-order valence-corrected chi connectivity index (χ3v) is 9.19. The van der Waals surface area contributed by atoms with Crippen molar-refractivity contribution in [3.63, 3.8) is 0 Å². The van der Waals surface area contributed by atoms with Crippen LogP contribution in [0.4, 0.5) is 4.79 Å². The molecule has 4 heterocycles. The van der Waals surface area contributed by atoms with Crippen LogP contribution in [0.2, 0.25) is 0 Å². The van der Waals surface area contributed by atoms with Gasteiger partial charge in [0.2, 0.25) is 0 Å². The Labute approximate surface area is 226 Å². The molecule has 38 heavy (non-hydrogen) atoms. The van der Waals surface area contributed by atoms with Gasteiger partial charge in [-0.05, 0) is 95.4 Å². The fourth-order valence-corrected chi connectivity index (χ4v) is 7.23. The average molecular weight is 516 g/mol. The number of benzene rings is 2. The Balaban J connectivity index is 1.14. The molecule has 0 radical (unpaired) electrons. The van der Waals surface area contributed by atoms with Crippen LogP contribution in [-0.4, -0.2) is 68.2 Å². The van der Waals surface area contributed by atoms with Gasteiger partial charge in [-0.3, -0.25) is 4.90 Å². The number of fused-ring (bicyclic) bond motifs is 3. The number of hydrogen-bond acceptors (Lipinski definition) is 5. The summed E-state index contributed by atoms with van der Waals surface area (Å²) in [5, 5.41) is 8.98. The highest BCUT2D eigenvalue weighted by Gasteiger charge is 2.44. The van der Waals surface area contributed by atoms with E-state index in [9.17, 15) is 4.79 Å². The number of carbonyl (C=O) groups excluding carboxylic acids is 1. The summed E-state index contributed by atoms with van der Waals surface area (Å²) in [6.45, 7) is 8.42. The van der Waals surface area contributed by atoms with Crippen molar-refractivity contribution in [2.45, 2.75) is 94.9 Å². The predicted octanol–water partition coefficient (Wildman–Crippen LogP) is 5.96. The molecule has 0 aliphatic carbocycles. The molecule has 3 fully saturated rings. The second-order valence-electron chi connectivity index (χ2n) is 12.6. The van der Waals surface area contributed by atoms with E-state index in [0.29, 0.717) is 18.1 Å². The zero-order chi connectivity index (χ0) is 26.3. The molecule has 2 aromatic carbocycles. The van der Waals surface area contributed by atoms with E-state index in [1.165, 1.54) is 18.4 Å². The zero-order valence-corrected chi connectivity index (χ0v) is 23.1. The largest absolute Gasteiger partial charge is 0.444 e. The van der Waals surface area contributed by atoms with Gasteiger partial charge < -0.3 is 9.64 Å². The number of piperidine rings is 2. The van der Waals surface area contributed by atoms with E-state index in [0.717, 1.165) is 62.8 Å². The van der Waals surface area contributed by atoms with Crippen LogP contribution in [0.1, 0.15) is 77.3 Å². The summed E-state index contributed by atoms with van der Waals surface area (Å²) in [6, 6.07) is 21.0. The molecular weight excluding hydrogens is 474 g/mol. The number of para-hydroxylation sites is 1. The average Bonchev–Trinajstić information content (AvgIpc) is 3.44. The second kappa shape index (κ2) is 9.99. The van der Waals surface area contributed by atoms with Crippen LogP contribution >= 0.6 is 0 Å². The summed E-state index contributed by atoms with van der Waals surface area (Å²) in [7, 11) is 0. The molecule has 1 amide bonds. The van der Waals surface area contributed by atoms with Crippen molar-refractivity contribution >= 4 is 17.1 Å². The minimum Gasteiger partial charge on any atom is -0.444 e. The number of aromatic nitrogens is 3. The molecule has 3 aliphatic heterocycles. The molecule has 2 bridgehead atoms. The van der Waals surface area contributed by atoms with Crippen molar-refractivity contribution in [3.05, 3.63) is 60.2 Å². The Kier molecular flexibility index (Phi) is 6.67. The molecule has 1 aromatic heterocycles. The maximum absolute atomic E-state index is 12.8. The van der Waals surface area contributed by atoms with Crippen molar-refractivity contribution in [2.75, 3.05) is 19.6 Å². The molecule has 0 saturated carbocycles. The molecule has 202 valence electrons. The standard InChI is InChI=1S/C31H41N5O2/c1-30(2,3)38-29(37)34-18-15-31(16-19-34,23-9-5-4-6-10-23)17-20-35-24-13-14-25(35)22-26(21-24)36-28-12-8-7-11-27(28)32-33-36/h4-12,24-26H,13-22H2,1-3H3. The summed E-state index contributed by atoms with van der Waals surface area (Å²) < 4.78 is 7.87. The van der Waals surface area contributed by atoms with E-state index in [4.69, 9.17) is 4.74 Å². The third kappa shape index (κ3) is 4.93. The highest BCUT2D eigenvalue weighted by molar-refractivity contribution is 5.74. The number of likely N-dealkylation sites (tertiary alicyclic amines) is 1. The second-order valence-corrected chi connectivity index (χ2v) is 12.6. The highest BCUT2D eigenvalue weighted by atomic mass is 16.6. The number of carbonyl (C=O) groups is 1. The first-order valence-corrected chi connectivity index (χ1v) is 14.4. The predicted molar refractivity (Wildman–Crippen MR) is 149 cm³/mol. The minimum atomic E-state index is -0.463. The summed E-state index contributed by atoms with van der Waals surface area (Å²) in [6.07, 6.45) is 7.75. The van der Waals surface area contributed by atoms with Gasteiger partial charge >= 0.3 is 6.09 Å². The van der Waals surface area contributed by atoms with Gasteiger partial charge in [-0.1, -0.05) is 47.7 Å². The van der Waals surface area contributed by atoms with E-state index >= 15 is 0 Å². The van der Waals surface area contributed by atoms with E-state index < -0.39 is 5.60 Å². The Morgan fingerprint density at radius 3 is 2.29 bits per heavy atom. The molecular formula is C31H41N5O2. The fourth-order valence-electron chi connectivity index (χ4n) is 7.23. The smallest absolute Gasteiger partial charge is 0.410 e. The first-order chi connectivity index (χ1) is 18.3. The van der Waals surface area contributed by atoms with Gasteiger partial charge in [0.05, 0.1) is 11.6 Å². The molecule has 3 aromatic rings. The van der Waals surface area contributed by atoms with Crippen LogP contribution in [0.15, 0.2) is 54.6 Å². The Morgan fingerprint density at radius 1 is 0.947 bits per heavy atom. The number of hydrogen-bond donors (Lipinski definition) is 0. The number of nitrogens with zero attached hydrogens (tertiary/aromatic N) is 5. The lowest BCUT2D eigenvalue weighted by Gasteiger charge is -2.45. The molecule has 2 unspecified atom stereocenters. The molecule has 0 N–H and O–H groups in total. The summed E-state index contributed by atoms with van der Waals surface area (Å²) in [4.78, 5) is 17.5. The zero-order valence-electron chi connectivity index (χ0n) is 23.1. The van der Waals surface area contributed by atoms with Crippen LogP contribution in [0.25, 0.3) is 11.0 Å². The van der Waals surface area contributed by atoms with Gasteiger partial charge in [0.15, 0.2) is 0 Å². The maximum Gasteiger partial charge on any atom is 0.410 e. The molecule has 6 rings (SSSR count). The molecule has 2 atom stereocenters. The maximum atomic E-state index is 12.8. The van der Waals surface area contributed by atoms with Crippen LogP contribution < -0.4 is 0 Å². The third-order valence-electron chi connectivity index (χ3n) is 9.19. The quantitative estimate of drug-likeness (QED) is 0.420. The van der Waals surface area contributed by atoms with Crippen LogP contribution in [0, 0.1) is 0 Å². The fraction of sp³-hybridized carbons (Fsp3) is 0.581. The Bertz CT molecular complexity index is 1240. The van der Waals surface area contributed by atoms with Gasteiger partial charge in [0.25, 0.3) is 0 Å². The van der Waals surface area contributed by atoms with E-state index in [1.54, 1.807) is 0 Å². The summed E-state index contributed by atoms with van der Waals surface area (Å²) in [5.74, 6) is 0. The molecule has 7 nitrogen and oxygen atoms in total. The normalized spacial score (nSPS) is 25.6. The number of rotatable bonds is 5. The lowest BCUT2D eigenvalue weighted by atomic mass is 9.70. The Hall–Kier alpha value is -2.93. The van der Waals surface area contributed by atoms with Gasteiger partial charge in [-0.25, -0.2) is 9.48 Å². The van der Waals surface area contributed by atoms with Crippen molar-refractivity contribution in [1.82, 2.24) is 24.8 Å². The lowest BCUT2D eigenvalue weighted by molar-refractivity contribution is 0.0143. The Morgan fingerprint density at radius 2 is 1.61 bits per heavy atom. The van der Waals surface area contributed by atoms with Crippen LogP contribution in [0.3, 0.4) is 0 Å². The first kappa shape index (κ1) is 25.4. The van der Waals surface area contributed by atoms with Gasteiger partial charge in [0, 0.05) is 25.2 Å². The van der Waals surface area contributed by atoms with Gasteiger partial charge in [-0.15, -0.1) is 5.10 Å². The molecule has 7 heteroatoms. The van der Waals surface area contributed by atoms with Crippen molar-refractivity contribution < 1.29 is 9.53 Å². The van der Waals surface area contributed by atoms with E-state index in [-0.39, 0.29) is 11.5 Å². The number of ether oxygens (including phenoxy) is 1. The highest BCUT2D eigenvalue weighted by Crippen LogP contribution is 2.44. The van der Waals surface area contributed by atoms with E-state index in [2.05, 4.69) is 68.4 Å². The topological polar surface area (TPSA) is 63.5 Å². The summed E-state index contributed by atoms with van der Waals surface area (Å²) >= 11 is 0. The van der Waals surface area contributed by atoms with Crippen LogP contribution in [-0.2, 0) is 10.2 Å². The minimum absolute atomic E-state index is 0.0954. The van der Waals surface area contributed by atoms with Gasteiger partial charge in [0.1, 0.15) is 11.1 Å². The first-order valence-electron chi connectivity index (χ1n) is 14.4. The van der Waals surface area contributed by atoms with Crippen molar-refractivity contribution in [1.29, 1.82) is 0 Å².